The van der Waals surface area contributed by atoms with Crippen molar-refractivity contribution >= 4 is 63.2 Å². The Bertz CT molecular complexity index is 1950. The minimum absolute atomic E-state index is 0.404. The van der Waals surface area contributed by atoms with Crippen molar-refractivity contribution in [1.82, 2.24) is 29.8 Å². The van der Waals surface area contributed by atoms with E-state index in [2.05, 4.69) is 61.5 Å². The van der Waals surface area contributed by atoms with Crippen LogP contribution in [0.3, 0.4) is 0 Å². The molecule has 2 atom stereocenters. The van der Waals surface area contributed by atoms with E-state index in [0.717, 1.165) is 49.4 Å². The van der Waals surface area contributed by atoms with Crippen LogP contribution in [-0.2, 0) is 11.0 Å². The predicted molar refractivity (Wildman–Crippen MR) is 182 cm³/mol. The number of hydrogen-bond donors (Lipinski definition) is 2. The number of benzene rings is 2. The Morgan fingerprint density at radius 1 is 0.933 bits per heavy atom. The molecule has 0 spiro atoms. The number of methoxy groups -OCH3 is 1. The SMILES string of the molecule is CCc1cc(Nc2nc(Nc3ccc4nccnc4c3P(C)(C)=O)c3cnccc3n2)c(OC)cc1N1C[C@H]2CN(C)C[C@H]2C1. The van der Waals surface area contributed by atoms with Crippen LogP contribution in [0.15, 0.2) is 55.1 Å². The van der Waals surface area contributed by atoms with Crippen LogP contribution in [0, 0.1) is 11.8 Å². The van der Waals surface area contributed by atoms with Crippen LogP contribution in [0.25, 0.3) is 21.9 Å². The van der Waals surface area contributed by atoms with Gasteiger partial charge in [-0.25, -0.2) is 4.98 Å². The lowest BCUT2D eigenvalue weighted by Gasteiger charge is -2.25. The first-order valence-electron chi connectivity index (χ1n) is 15.3. The molecular weight excluding hydrogens is 585 g/mol. The number of rotatable bonds is 8. The third-order valence-electron chi connectivity index (χ3n) is 8.94. The quantitative estimate of drug-likeness (QED) is 0.220. The third-order valence-corrected chi connectivity index (χ3v) is 10.5. The number of ether oxygens (including phenoxy) is 1. The Morgan fingerprint density at radius 2 is 1.71 bits per heavy atom. The topological polar surface area (TPSA) is 121 Å². The van der Waals surface area contributed by atoms with Crippen LogP contribution < -0.4 is 25.6 Å². The smallest absolute Gasteiger partial charge is 0.229 e. The van der Waals surface area contributed by atoms with Gasteiger partial charge in [-0.15, -0.1) is 0 Å². The minimum Gasteiger partial charge on any atom is -0.494 e. The number of hydrogen-bond acceptors (Lipinski definition) is 11. The number of likely N-dealkylation sites (tertiary alicyclic amines) is 1. The van der Waals surface area contributed by atoms with Crippen LogP contribution in [-0.4, -0.2) is 83.5 Å². The summed E-state index contributed by atoms with van der Waals surface area (Å²) in [5.41, 5.74) is 5.94. The highest BCUT2D eigenvalue weighted by Gasteiger charge is 2.39. The fourth-order valence-corrected chi connectivity index (χ4v) is 8.31. The molecule has 5 aromatic rings. The number of anilines is 5. The molecule has 232 valence electrons. The minimum atomic E-state index is -2.77. The highest BCUT2D eigenvalue weighted by atomic mass is 31.2. The Labute approximate surface area is 262 Å². The molecule has 45 heavy (non-hydrogen) atoms. The lowest BCUT2D eigenvalue weighted by molar-refractivity contribution is 0.387. The largest absolute Gasteiger partial charge is 0.494 e. The number of aryl methyl sites for hydroxylation is 1. The zero-order chi connectivity index (χ0) is 31.3. The molecule has 0 saturated carbocycles. The molecule has 0 bridgehead atoms. The van der Waals surface area contributed by atoms with Gasteiger partial charge >= 0.3 is 0 Å². The maximum Gasteiger partial charge on any atom is 0.229 e. The van der Waals surface area contributed by atoms with E-state index in [-0.39, 0.29) is 0 Å². The van der Waals surface area contributed by atoms with Crippen molar-refractivity contribution in [2.45, 2.75) is 13.3 Å². The van der Waals surface area contributed by atoms with E-state index in [1.54, 1.807) is 45.2 Å². The number of pyridine rings is 1. The van der Waals surface area contributed by atoms with Gasteiger partial charge in [-0.1, -0.05) is 6.92 Å². The maximum absolute atomic E-state index is 13.6. The molecule has 2 fully saturated rings. The van der Waals surface area contributed by atoms with E-state index in [9.17, 15) is 4.57 Å². The molecule has 12 heteroatoms. The first-order valence-corrected chi connectivity index (χ1v) is 17.9. The predicted octanol–water partition coefficient (Wildman–Crippen LogP) is 5.27. The zero-order valence-corrected chi connectivity index (χ0v) is 27.2. The van der Waals surface area contributed by atoms with Crippen molar-refractivity contribution in [3.05, 3.63) is 60.7 Å². The molecule has 2 aliphatic rings. The van der Waals surface area contributed by atoms with Gasteiger partial charge in [-0.2, -0.15) is 4.98 Å². The van der Waals surface area contributed by atoms with E-state index in [1.807, 2.05) is 18.2 Å². The fourth-order valence-electron chi connectivity index (χ4n) is 6.92. The number of nitrogens with zero attached hydrogens (tertiary/aromatic N) is 7. The van der Waals surface area contributed by atoms with Gasteiger partial charge < -0.3 is 29.7 Å². The van der Waals surface area contributed by atoms with Crippen molar-refractivity contribution in [2.24, 2.45) is 11.8 Å². The molecule has 5 heterocycles. The molecule has 2 N–H and O–H groups in total. The van der Waals surface area contributed by atoms with Gasteiger partial charge in [0.1, 0.15) is 24.2 Å². The molecule has 0 amide bonds. The summed E-state index contributed by atoms with van der Waals surface area (Å²) in [7, 11) is 1.14. The van der Waals surface area contributed by atoms with E-state index < -0.39 is 7.14 Å². The van der Waals surface area contributed by atoms with Gasteiger partial charge in [-0.3, -0.25) is 15.0 Å². The second-order valence-electron chi connectivity index (χ2n) is 12.5. The van der Waals surface area contributed by atoms with E-state index in [4.69, 9.17) is 14.7 Å². The number of nitrogens with one attached hydrogen (secondary N) is 2. The van der Waals surface area contributed by atoms with Crippen LogP contribution >= 0.6 is 7.14 Å². The summed E-state index contributed by atoms with van der Waals surface area (Å²) in [6, 6.07) is 9.91. The van der Waals surface area contributed by atoms with Gasteiger partial charge in [0.25, 0.3) is 0 Å². The average molecular weight is 624 g/mol. The summed E-state index contributed by atoms with van der Waals surface area (Å²) in [5, 5.41) is 8.25. The summed E-state index contributed by atoms with van der Waals surface area (Å²) in [6.45, 7) is 10.1. The molecule has 2 saturated heterocycles. The first kappa shape index (κ1) is 29.4. The van der Waals surface area contributed by atoms with E-state index in [1.165, 1.54) is 11.3 Å². The van der Waals surface area contributed by atoms with Crippen LogP contribution in [0.1, 0.15) is 12.5 Å². The standard InChI is InChI=1S/C33H38N9O2P/c1-6-20-13-27(29(44-3)14-28(20)42-18-21-16-41(2)17-22(21)19-42)39-33-38-24-9-10-34-15-23(24)32(40-33)37-26-8-7-25-30(36-12-11-35-25)31(26)45(4,5)43/h7-15,21-22H,6,16-19H2,1-5H3,(H2,37,38,39,40)/t21-,22+. The van der Waals surface area contributed by atoms with Crippen molar-refractivity contribution in [1.29, 1.82) is 0 Å². The molecule has 0 radical (unpaired) electrons. The van der Waals surface area contributed by atoms with Crippen LogP contribution in [0.5, 0.6) is 5.75 Å². The zero-order valence-electron chi connectivity index (χ0n) is 26.3. The van der Waals surface area contributed by atoms with Crippen LogP contribution in [0.4, 0.5) is 28.8 Å². The van der Waals surface area contributed by atoms with Gasteiger partial charge in [0, 0.05) is 62.7 Å². The van der Waals surface area contributed by atoms with Gasteiger partial charge in [0.05, 0.1) is 40.2 Å². The molecule has 0 unspecified atom stereocenters. The van der Waals surface area contributed by atoms with E-state index in [0.29, 0.717) is 51.1 Å². The Morgan fingerprint density at radius 3 is 2.44 bits per heavy atom. The molecule has 2 aromatic carbocycles. The lowest BCUT2D eigenvalue weighted by atomic mass is 10.0. The second kappa shape index (κ2) is 11.5. The number of fused-ring (bicyclic) bond motifs is 3. The third kappa shape index (κ3) is 5.55. The van der Waals surface area contributed by atoms with Crippen molar-refractivity contribution in [3.8, 4) is 5.75 Å². The Balaban J connectivity index is 1.26. The summed E-state index contributed by atoms with van der Waals surface area (Å²) < 4.78 is 19.5. The van der Waals surface area contributed by atoms with E-state index >= 15 is 0 Å². The average Bonchev–Trinajstić information content (AvgIpc) is 3.57. The Hall–Kier alpha value is -4.34. The molecule has 3 aromatic heterocycles. The maximum atomic E-state index is 13.6. The molecule has 2 aliphatic heterocycles. The Kier molecular flexibility index (Phi) is 7.54. The summed E-state index contributed by atoms with van der Waals surface area (Å²) >= 11 is 0. The van der Waals surface area contributed by atoms with Gasteiger partial charge in [0.2, 0.25) is 5.95 Å². The monoisotopic (exact) mass is 623 g/mol. The summed E-state index contributed by atoms with van der Waals surface area (Å²) in [6.07, 6.45) is 7.58. The molecule has 7 rings (SSSR count). The van der Waals surface area contributed by atoms with Gasteiger partial charge in [-0.05, 0) is 68.5 Å². The van der Waals surface area contributed by atoms with Crippen molar-refractivity contribution in [2.75, 3.05) is 69.2 Å². The fraction of sp³-hybridized carbons (Fsp3) is 0.364. The first-order chi connectivity index (χ1) is 21.7. The lowest BCUT2D eigenvalue weighted by Crippen LogP contribution is -2.27. The van der Waals surface area contributed by atoms with Crippen molar-refractivity contribution < 1.29 is 9.30 Å². The summed E-state index contributed by atoms with van der Waals surface area (Å²) in [5.74, 6) is 3.09. The van der Waals surface area contributed by atoms with Crippen molar-refractivity contribution in [3.63, 3.8) is 0 Å². The number of aromatic nitrogens is 5. The van der Waals surface area contributed by atoms with Crippen LogP contribution in [0.2, 0.25) is 0 Å². The summed E-state index contributed by atoms with van der Waals surface area (Å²) in [4.78, 5) is 28.0. The molecule has 11 nitrogen and oxygen atoms in total. The van der Waals surface area contributed by atoms with Gasteiger partial charge in [0.15, 0.2) is 0 Å². The molecule has 0 aliphatic carbocycles. The highest BCUT2D eigenvalue weighted by molar-refractivity contribution is 7.71. The molecular formula is C33H38N9O2P. The second-order valence-corrected chi connectivity index (χ2v) is 15.6. The highest BCUT2D eigenvalue weighted by Crippen LogP contribution is 2.42. The normalized spacial score (nSPS) is 18.5.